The van der Waals surface area contributed by atoms with Crippen molar-refractivity contribution >= 4 is 17.3 Å². The predicted molar refractivity (Wildman–Crippen MR) is 86.0 cm³/mol. The van der Waals surface area contributed by atoms with E-state index in [1.807, 2.05) is 12.1 Å². The molecule has 2 saturated heterocycles. The standard InChI is InChI=1S/C16H23ClN2O2/c1-11-9-18-6-4-5-12(18)10-19(11)14-8-15(20-2)13(17)7-16(14)21-3/h7-8,11-12H,4-6,9-10H2,1-3H3. The summed E-state index contributed by atoms with van der Waals surface area (Å²) >= 11 is 6.21. The van der Waals surface area contributed by atoms with Crippen LogP contribution in [0.2, 0.25) is 5.02 Å². The molecule has 2 fully saturated rings. The number of nitrogens with zero attached hydrogens (tertiary/aromatic N) is 2. The first-order valence-electron chi connectivity index (χ1n) is 7.56. The van der Waals surface area contributed by atoms with Gasteiger partial charge < -0.3 is 14.4 Å². The lowest BCUT2D eigenvalue weighted by Gasteiger charge is -2.44. The minimum absolute atomic E-state index is 0.458. The largest absolute Gasteiger partial charge is 0.495 e. The van der Waals surface area contributed by atoms with Gasteiger partial charge in [0, 0.05) is 37.3 Å². The highest BCUT2D eigenvalue weighted by Crippen LogP contribution is 2.40. The number of fused-ring (bicyclic) bond motifs is 1. The summed E-state index contributed by atoms with van der Waals surface area (Å²) in [4.78, 5) is 5.05. The Kier molecular flexibility index (Phi) is 4.18. The number of rotatable bonds is 3. The van der Waals surface area contributed by atoms with Gasteiger partial charge in [0.05, 0.1) is 24.9 Å². The van der Waals surface area contributed by atoms with E-state index in [0.717, 1.165) is 24.5 Å². The lowest BCUT2D eigenvalue weighted by molar-refractivity contribution is 0.202. The minimum Gasteiger partial charge on any atom is -0.495 e. The lowest BCUT2D eigenvalue weighted by atomic mass is 10.1. The minimum atomic E-state index is 0.458. The second-order valence-electron chi connectivity index (χ2n) is 5.95. The summed E-state index contributed by atoms with van der Waals surface area (Å²) in [6, 6.07) is 4.97. The fourth-order valence-electron chi connectivity index (χ4n) is 3.59. The van der Waals surface area contributed by atoms with Crippen LogP contribution in [-0.4, -0.2) is 50.8 Å². The van der Waals surface area contributed by atoms with Crippen molar-refractivity contribution in [1.29, 1.82) is 0 Å². The highest BCUT2D eigenvalue weighted by molar-refractivity contribution is 6.32. The molecule has 2 aliphatic heterocycles. The Morgan fingerprint density at radius 1 is 1.14 bits per heavy atom. The molecule has 0 spiro atoms. The highest BCUT2D eigenvalue weighted by Gasteiger charge is 2.35. The van der Waals surface area contributed by atoms with Crippen LogP contribution in [0.3, 0.4) is 0 Å². The molecule has 2 unspecified atom stereocenters. The van der Waals surface area contributed by atoms with Gasteiger partial charge in [0.15, 0.2) is 0 Å². The van der Waals surface area contributed by atoms with E-state index in [-0.39, 0.29) is 0 Å². The number of hydrogen-bond donors (Lipinski definition) is 0. The Bertz CT molecular complexity index is 523. The first-order valence-corrected chi connectivity index (χ1v) is 7.94. The van der Waals surface area contributed by atoms with Crippen LogP contribution in [0.5, 0.6) is 11.5 Å². The monoisotopic (exact) mass is 310 g/mol. The topological polar surface area (TPSA) is 24.9 Å². The van der Waals surface area contributed by atoms with E-state index >= 15 is 0 Å². The molecule has 5 heteroatoms. The first kappa shape index (κ1) is 14.8. The zero-order valence-electron chi connectivity index (χ0n) is 12.9. The Labute approximate surface area is 131 Å². The van der Waals surface area contributed by atoms with E-state index in [1.54, 1.807) is 14.2 Å². The molecule has 2 atom stereocenters. The average Bonchev–Trinajstić information content (AvgIpc) is 2.93. The Balaban J connectivity index is 1.94. The molecule has 4 nitrogen and oxygen atoms in total. The number of piperazine rings is 1. The van der Waals surface area contributed by atoms with Crippen LogP contribution in [0.1, 0.15) is 19.8 Å². The number of methoxy groups -OCH3 is 2. The zero-order chi connectivity index (χ0) is 15.0. The molecule has 116 valence electrons. The molecule has 0 amide bonds. The van der Waals surface area contributed by atoms with Crippen LogP contribution in [0.15, 0.2) is 12.1 Å². The van der Waals surface area contributed by atoms with Gasteiger partial charge in [0.25, 0.3) is 0 Å². The molecule has 1 aromatic rings. The maximum atomic E-state index is 6.21. The predicted octanol–water partition coefficient (Wildman–Crippen LogP) is 3.03. The summed E-state index contributed by atoms with van der Waals surface area (Å²) in [5.41, 5.74) is 1.08. The van der Waals surface area contributed by atoms with Crippen LogP contribution >= 0.6 is 11.6 Å². The summed E-state index contributed by atoms with van der Waals surface area (Å²) in [5.74, 6) is 1.52. The second-order valence-corrected chi connectivity index (χ2v) is 6.36. The molecule has 0 saturated carbocycles. The Hall–Kier alpha value is -1.13. The number of ether oxygens (including phenoxy) is 2. The summed E-state index contributed by atoms with van der Waals surface area (Å²) in [7, 11) is 3.34. The van der Waals surface area contributed by atoms with E-state index in [2.05, 4.69) is 16.7 Å². The summed E-state index contributed by atoms with van der Waals surface area (Å²) in [6.45, 7) is 5.67. The van der Waals surface area contributed by atoms with E-state index in [9.17, 15) is 0 Å². The fourth-order valence-corrected chi connectivity index (χ4v) is 3.82. The molecule has 0 N–H and O–H groups in total. The maximum Gasteiger partial charge on any atom is 0.143 e. The third-order valence-electron chi connectivity index (χ3n) is 4.70. The quantitative estimate of drug-likeness (QED) is 0.857. The van der Waals surface area contributed by atoms with Crippen LogP contribution in [-0.2, 0) is 0 Å². The van der Waals surface area contributed by atoms with Gasteiger partial charge in [-0.05, 0) is 26.3 Å². The van der Waals surface area contributed by atoms with Crippen molar-refractivity contribution in [3.8, 4) is 11.5 Å². The number of halogens is 1. The normalized spacial score (nSPS) is 25.8. The van der Waals surface area contributed by atoms with E-state index < -0.39 is 0 Å². The lowest BCUT2D eigenvalue weighted by Crippen LogP contribution is -2.55. The molecule has 0 aliphatic carbocycles. The van der Waals surface area contributed by atoms with Gasteiger partial charge in [-0.1, -0.05) is 11.6 Å². The Morgan fingerprint density at radius 2 is 1.90 bits per heavy atom. The number of hydrogen-bond acceptors (Lipinski definition) is 4. The van der Waals surface area contributed by atoms with Crippen molar-refractivity contribution in [1.82, 2.24) is 4.90 Å². The molecular weight excluding hydrogens is 288 g/mol. The summed E-state index contributed by atoms with van der Waals surface area (Å²) < 4.78 is 10.9. The molecule has 0 bridgehead atoms. The van der Waals surface area contributed by atoms with E-state index in [4.69, 9.17) is 21.1 Å². The van der Waals surface area contributed by atoms with Crippen molar-refractivity contribution in [3.63, 3.8) is 0 Å². The molecule has 0 radical (unpaired) electrons. The fraction of sp³-hybridized carbons (Fsp3) is 0.625. The van der Waals surface area contributed by atoms with Gasteiger partial charge in [-0.2, -0.15) is 0 Å². The van der Waals surface area contributed by atoms with Crippen molar-refractivity contribution in [2.45, 2.75) is 31.8 Å². The van der Waals surface area contributed by atoms with Gasteiger partial charge in [-0.15, -0.1) is 0 Å². The van der Waals surface area contributed by atoms with Crippen molar-refractivity contribution in [2.75, 3.05) is 38.8 Å². The molecule has 21 heavy (non-hydrogen) atoms. The molecule has 1 aromatic carbocycles. The molecule has 0 aromatic heterocycles. The molecule has 2 aliphatic rings. The first-order chi connectivity index (χ1) is 10.1. The summed E-state index contributed by atoms with van der Waals surface area (Å²) in [6.07, 6.45) is 2.60. The van der Waals surface area contributed by atoms with Gasteiger partial charge in [-0.25, -0.2) is 0 Å². The Morgan fingerprint density at radius 3 is 2.62 bits per heavy atom. The van der Waals surface area contributed by atoms with Crippen molar-refractivity contribution in [2.24, 2.45) is 0 Å². The summed E-state index contributed by atoms with van der Waals surface area (Å²) in [5, 5.41) is 0.588. The van der Waals surface area contributed by atoms with Crippen LogP contribution in [0.4, 0.5) is 5.69 Å². The van der Waals surface area contributed by atoms with Crippen molar-refractivity contribution in [3.05, 3.63) is 17.2 Å². The van der Waals surface area contributed by atoms with Gasteiger partial charge in [0.2, 0.25) is 0 Å². The highest BCUT2D eigenvalue weighted by atomic mass is 35.5. The maximum absolute atomic E-state index is 6.21. The smallest absolute Gasteiger partial charge is 0.143 e. The molecule has 3 rings (SSSR count). The third-order valence-corrected chi connectivity index (χ3v) is 5.00. The van der Waals surface area contributed by atoms with Crippen LogP contribution in [0.25, 0.3) is 0 Å². The molecule has 2 heterocycles. The van der Waals surface area contributed by atoms with Gasteiger partial charge in [0.1, 0.15) is 11.5 Å². The number of anilines is 1. The van der Waals surface area contributed by atoms with E-state index in [1.165, 1.54) is 19.4 Å². The van der Waals surface area contributed by atoms with E-state index in [0.29, 0.717) is 22.9 Å². The van der Waals surface area contributed by atoms with Gasteiger partial charge >= 0.3 is 0 Å². The average molecular weight is 311 g/mol. The SMILES string of the molecule is COc1cc(N2CC3CCCN3CC2C)c(OC)cc1Cl. The van der Waals surface area contributed by atoms with Crippen LogP contribution < -0.4 is 14.4 Å². The van der Waals surface area contributed by atoms with Crippen molar-refractivity contribution < 1.29 is 9.47 Å². The second kappa shape index (κ2) is 5.93. The third kappa shape index (κ3) is 2.67. The van der Waals surface area contributed by atoms with Crippen LogP contribution in [0, 0.1) is 0 Å². The molecular formula is C16H23ClN2O2. The zero-order valence-corrected chi connectivity index (χ0v) is 13.7. The van der Waals surface area contributed by atoms with Gasteiger partial charge in [-0.3, -0.25) is 4.90 Å². The number of benzene rings is 1.